The minimum absolute atomic E-state index is 0.0576. The predicted molar refractivity (Wildman–Crippen MR) is 119 cm³/mol. The normalized spacial score (nSPS) is 20.8. The number of fused-ring (bicyclic) bond motifs is 1. The van der Waals surface area contributed by atoms with E-state index in [1.54, 1.807) is 30.7 Å². The number of quaternary nitrogens is 1. The van der Waals surface area contributed by atoms with Gasteiger partial charge in [-0.15, -0.1) is 4.59 Å². The van der Waals surface area contributed by atoms with Crippen molar-refractivity contribution >= 4 is 18.0 Å². The minimum Gasteiger partial charge on any atom is -0.489 e. The molecular formula is C24H20N5O2+. The van der Waals surface area contributed by atoms with E-state index in [0.29, 0.717) is 17.1 Å². The van der Waals surface area contributed by atoms with Gasteiger partial charge in [0.25, 0.3) is 5.84 Å². The SMILES string of the molecule is NC(=O)c1ccccc1COc1cccc(C2=NC(C3=CC=C3)=C3C=NC=C[N+]23N)c1. The van der Waals surface area contributed by atoms with Gasteiger partial charge in [-0.25, -0.2) is 0 Å². The zero-order valence-electron chi connectivity index (χ0n) is 16.6. The number of amides is 1. The van der Waals surface area contributed by atoms with Gasteiger partial charge in [0.15, 0.2) is 0 Å². The fraction of sp³-hybridized carbons (Fsp3) is 0.0417. The maximum absolute atomic E-state index is 11.6. The molecule has 0 saturated heterocycles. The van der Waals surface area contributed by atoms with Crippen LogP contribution in [0.2, 0.25) is 0 Å². The summed E-state index contributed by atoms with van der Waals surface area (Å²) in [6.07, 6.45) is 11.2. The molecule has 2 aromatic rings. The number of hydrogen-bond donors (Lipinski definition) is 2. The number of nitrogens with zero attached hydrogens (tertiary/aromatic N) is 3. The molecule has 7 nitrogen and oxygen atoms in total. The van der Waals surface area contributed by atoms with E-state index in [0.717, 1.165) is 28.1 Å². The van der Waals surface area contributed by atoms with Crippen LogP contribution in [0.15, 0.2) is 106 Å². The molecule has 0 radical (unpaired) electrons. The van der Waals surface area contributed by atoms with Crippen LogP contribution in [0.5, 0.6) is 5.75 Å². The van der Waals surface area contributed by atoms with E-state index < -0.39 is 5.91 Å². The standard InChI is InChI=1S/C24H19N5O2/c25-23(30)20-10-2-1-5-18(20)15-31-19-9-4-8-17(13-19)24-28-22(16-6-3-7-16)21-14-27-11-12-29(21,24)26/h1-14H,15,26H2,(H-,25,30)/p+1. The van der Waals surface area contributed by atoms with Gasteiger partial charge in [0, 0.05) is 16.7 Å². The number of allylic oxidation sites excluding steroid dienone is 4. The molecule has 0 spiro atoms. The second-order valence-electron chi connectivity index (χ2n) is 7.34. The third kappa shape index (κ3) is 3.22. The highest BCUT2D eigenvalue weighted by Gasteiger charge is 2.44. The van der Waals surface area contributed by atoms with Crippen molar-refractivity contribution in [2.45, 2.75) is 6.61 Å². The first-order valence-corrected chi connectivity index (χ1v) is 9.78. The summed E-state index contributed by atoms with van der Waals surface area (Å²) in [4.78, 5) is 20.7. The van der Waals surface area contributed by atoms with Crippen LogP contribution in [-0.2, 0) is 6.61 Å². The van der Waals surface area contributed by atoms with E-state index in [2.05, 4.69) is 4.99 Å². The van der Waals surface area contributed by atoms with E-state index in [4.69, 9.17) is 21.3 Å². The highest BCUT2D eigenvalue weighted by atomic mass is 16.5. The molecule has 0 saturated carbocycles. The van der Waals surface area contributed by atoms with Gasteiger partial charge in [-0.2, -0.15) is 10.8 Å². The molecule has 2 aromatic carbocycles. The Morgan fingerprint density at radius 1 is 1.13 bits per heavy atom. The summed E-state index contributed by atoms with van der Waals surface area (Å²) in [7, 11) is 0. The Labute approximate surface area is 179 Å². The Morgan fingerprint density at radius 3 is 2.74 bits per heavy atom. The summed E-state index contributed by atoms with van der Waals surface area (Å²) in [6, 6.07) is 14.7. The van der Waals surface area contributed by atoms with Crippen LogP contribution in [0.3, 0.4) is 0 Å². The van der Waals surface area contributed by atoms with E-state index in [1.807, 2.05) is 54.6 Å². The Balaban J connectivity index is 1.44. The molecule has 4 N–H and O–H groups in total. The fourth-order valence-electron chi connectivity index (χ4n) is 3.71. The molecular weight excluding hydrogens is 390 g/mol. The van der Waals surface area contributed by atoms with Crippen LogP contribution in [0, 0.1) is 0 Å². The van der Waals surface area contributed by atoms with Gasteiger partial charge in [-0.3, -0.25) is 9.79 Å². The van der Waals surface area contributed by atoms with Gasteiger partial charge < -0.3 is 10.5 Å². The van der Waals surface area contributed by atoms with Gasteiger partial charge in [-0.1, -0.05) is 42.5 Å². The number of ether oxygens (including phenoxy) is 1. The number of primary amides is 1. The lowest BCUT2D eigenvalue weighted by Gasteiger charge is -2.26. The number of aliphatic imine (C=N–C) groups is 2. The van der Waals surface area contributed by atoms with Crippen LogP contribution >= 0.6 is 0 Å². The highest BCUT2D eigenvalue weighted by molar-refractivity contribution is 6.01. The van der Waals surface area contributed by atoms with Crippen LogP contribution in [0.25, 0.3) is 0 Å². The van der Waals surface area contributed by atoms with Gasteiger partial charge in [0.05, 0.1) is 18.0 Å². The van der Waals surface area contributed by atoms with Gasteiger partial charge in [-0.05, 0) is 24.3 Å². The molecule has 1 amide bonds. The first kappa shape index (κ1) is 18.9. The molecule has 2 aliphatic heterocycles. The van der Waals surface area contributed by atoms with Gasteiger partial charge in [0.1, 0.15) is 24.3 Å². The average Bonchev–Trinajstić information content (AvgIpc) is 3.04. The van der Waals surface area contributed by atoms with Crippen molar-refractivity contribution in [3.8, 4) is 5.75 Å². The Hall–Kier alpha value is -4.07. The smallest absolute Gasteiger partial charge is 0.265 e. The second kappa shape index (κ2) is 7.32. The monoisotopic (exact) mass is 410 g/mol. The third-order valence-electron chi connectivity index (χ3n) is 5.39. The molecule has 31 heavy (non-hydrogen) atoms. The van der Waals surface area contributed by atoms with E-state index in [9.17, 15) is 4.79 Å². The molecule has 0 aromatic heterocycles. The molecule has 1 aliphatic carbocycles. The first-order chi connectivity index (χ1) is 15.1. The summed E-state index contributed by atoms with van der Waals surface area (Å²) in [6.45, 7) is 0.219. The van der Waals surface area contributed by atoms with E-state index in [1.165, 1.54) is 0 Å². The number of nitrogens with two attached hydrogens (primary N) is 2. The largest absolute Gasteiger partial charge is 0.489 e. The molecule has 2 heterocycles. The van der Waals surface area contributed by atoms with Gasteiger partial charge >= 0.3 is 0 Å². The summed E-state index contributed by atoms with van der Waals surface area (Å²) >= 11 is 0. The summed E-state index contributed by atoms with van der Waals surface area (Å²) in [5.74, 6) is 7.58. The average molecular weight is 410 g/mol. The van der Waals surface area contributed by atoms with Crippen molar-refractivity contribution in [1.29, 1.82) is 0 Å². The van der Waals surface area contributed by atoms with E-state index in [-0.39, 0.29) is 11.2 Å². The second-order valence-corrected chi connectivity index (χ2v) is 7.34. The minimum atomic E-state index is -0.480. The van der Waals surface area contributed by atoms with E-state index >= 15 is 0 Å². The topological polar surface area (TPSA) is 103 Å². The van der Waals surface area contributed by atoms with Gasteiger partial charge in [0.2, 0.25) is 11.6 Å². The zero-order valence-corrected chi connectivity index (χ0v) is 16.6. The highest BCUT2D eigenvalue weighted by Crippen LogP contribution is 2.36. The predicted octanol–water partition coefficient (Wildman–Crippen LogP) is 3.08. The number of benzene rings is 2. The van der Waals surface area contributed by atoms with Crippen molar-refractivity contribution < 1.29 is 14.1 Å². The fourth-order valence-corrected chi connectivity index (χ4v) is 3.71. The Bertz CT molecular complexity index is 1280. The number of carbonyl (C=O) groups excluding carboxylic acids is 1. The zero-order chi connectivity index (χ0) is 21.4. The van der Waals surface area contributed by atoms with Crippen molar-refractivity contribution in [2.24, 2.45) is 21.6 Å². The van der Waals surface area contributed by atoms with Crippen LogP contribution in [-0.4, -0.2) is 22.5 Å². The van der Waals surface area contributed by atoms with Crippen molar-refractivity contribution in [3.05, 3.63) is 113 Å². The number of rotatable bonds is 6. The lowest BCUT2D eigenvalue weighted by molar-refractivity contribution is -0.750. The Kier molecular flexibility index (Phi) is 4.47. The van der Waals surface area contributed by atoms with Crippen LogP contribution in [0.4, 0.5) is 0 Å². The van der Waals surface area contributed by atoms with Crippen LogP contribution < -0.4 is 16.3 Å². The molecule has 0 bridgehead atoms. The molecule has 3 aliphatic rings. The quantitative estimate of drug-likeness (QED) is 0.565. The third-order valence-corrected chi connectivity index (χ3v) is 5.39. The molecule has 5 rings (SSSR count). The van der Waals surface area contributed by atoms with Crippen molar-refractivity contribution in [2.75, 3.05) is 0 Å². The lowest BCUT2D eigenvalue weighted by atomic mass is 10.0. The lowest BCUT2D eigenvalue weighted by Crippen LogP contribution is -2.53. The van der Waals surface area contributed by atoms with Crippen molar-refractivity contribution in [3.63, 3.8) is 0 Å². The maximum atomic E-state index is 11.6. The molecule has 0 fully saturated rings. The summed E-state index contributed by atoms with van der Waals surface area (Å²) < 4.78 is 5.91. The molecule has 7 heteroatoms. The number of hydrogen-bond acceptors (Lipinski definition) is 5. The number of amidine groups is 1. The molecule has 152 valence electrons. The van der Waals surface area contributed by atoms with Crippen LogP contribution in [0.1, 0.15) is 21.5 Å². The molecule has 1 atom stereocenters. The first-order valence-electron chi connectivity index (χ1n) is 9.78. The molecule has 1 unspecified atom stereocenters. The summed E-state index contributed by atoms with van der Waals surface area (Å²) in [5, 5.41) is 0. The number of carbonyl (C=O) groups is 1. The maximum Gasteiger partial charge on any atom is 0.265 e. The van der Waals surface area contributed by atoms with Crippen molar-refractivity contribution in [1.82, 2.24) is 0 Å². The Morgan fingerprint density at radius 2 is 1.97 bits per heavy atom. The summed E-state index contributed by atoms with van der Waals surface area (Å²) in [5.41, 5.74) is 10.1.